The number of pyridine rings is 1. The van der Waals surface area contributed by atoms with Crippen molar-refractivity contribution in [1.29, 1.82) is 0 Å². The molecule has 0 saturated carbocycles. The first-order chi connectivity index (χ1) is 9.58. The van der Waals surface area contributed by atoms with Crippen LogP contribution in [-0.2, 0) is 4.79 Å². The Bertz CT molecular complexity index is 459. The molecule has 0 aliphatic heterocycles. The van der Waals surface area contributed by atoms with Crippen LogP contribution in [0.1, 0.15) is 37.2 Å². The highest BCUT2D eigenvalue weighted by Crippen LogP contribution is 2.18. The van der Waals surface area contributed by atoms with Gasteiger partial charge < -0.3 is 10.0 Å². The van der Waals surface area contributed by atoms with Crippen LogP contribution in [0.2, 0.25) is 0 Å². The number of nitrogens with zero attached hydrogens (tertiary/aromatic N) is 2. The summed E-state index contributed by atoms with van der Waals surface area (Å²) in [5, 5.41) is 8.87. The molecule has 1 N–H and O–H groups in total. The molecule has 0 aliphatic rings. The Morgan fingerprint density at radius 3 is 2.50 bits per heavy atom. The standard InChI is InChI=1S/C14H20N2O3S/c1-3-7-16(8-4-2)13(17)10-20-11-5-6-15-12(9-11)14(18)19/h5-6,9H,3-4,7-8,10H2,1-2H3,(H,18,19). The fraction of sp³-hybridized carbons (Fsp3) is 0.500. The lowest BCUT2D eigenvalue weighted by Gasteiger charge is -2.21. The second kappa shape index (κ2) is 8.58. The Balaban J connectivity index is 2.59. The maximum atomic E-state index is 12.1. The topological polar surface area (TPSA) is 70.5 Å². The van der Waals surface area contributed by atoms with Gasteiger partial charge >= 0.3 is 5.97 Å². The third kappa shape index (κ3) is 5.21. The Hall–Kier alpha value is -1.56. The Morgan fingerprint density at radius 2 is 1.95 bits per heavy atom. The molecule has 1 rings (SSSR count). The first-order valence-electron chi connectivity index (χ1n) is 6.68. The molecule has 0 radical (unpaired) electrons. The minimum atomic E-state index is -1.06. The van der Waals surface area contributed by atoms with Crippen molar-refractivity contribution in [2.24, 2.45) is 0 Å². The van der Waals surface area contributed by atoms with Crippen LogP contribution in [0.3, 0.4) is 0 Å². The van der Waals surface area contributed by atoms with Crippen molar-refractivity contribution >= 4 is 23.6 Å². The maximum Gasteiger partial charge on any atom is 0.354 e. The molecule has 1 amide bonds. The zero-order chi connectivity index (χ0) is 15.0. The largest absolute Gasteiger partial charge is 0.477 e. The second-order valence-electron chi connectivity index (χ2n) is 4.35. The lowest BCUT2D eigenvalue weighted by atomic mass is 10.3. The van der Waals surface area contributed by atoms with Crippen LogP contribution in [0.5, 0.6) is 0 Å². The summed E-state index contributed by atoms with van der Waals surface area (Å²) in [6.07, 6.45) is 3.33. The Labute approximate surface area is 123 Å². The zero-order valence-electron chi connectivity index (χ0n) is 11.8. The van der Waals surface area contributed by atoms with E-state index in [2.05, 4.69) is 4.98 Å². The Kier molecular flexibility index (Phi) is 7.08. The van der Waals surface area contributed by atoms with Crippen LogP contribution >= 0.6 is 11.8 Å². The molecule has 5 nitrogen and oxygen atoms in total. The van der Waals surface area contributed by atoms with Gasteiger partial charge in [-0.1, -0.05) is 13.8 Å². The minimum absolute atomic E-state index is 0.00132. The fourth-order valence-corrected chi connectivity index (χ4v) is 2.58. The minimum Gasteiger partial charge on any atom is -0.477 e. The lowest BCUT2D eigenvalue weighted by molar-refractivity contribution is -0.128. The van der Waals surface area contributed by atoms with Crippen molar-refractivity contribution in [2.45, 2.75) is 31.6 Å². The van der Waals surface area contributed by atoms with E-state index >= 15 is 0 Å². The molecular formula is C14H20N2O3S. The van der Waals surface area contributed by atoms with Crippen molar-refractivity contribution < 1.29 is 14.7 Å². The van der Waals surface area contributed by atoms with Gasteiger partial charge in [-0.25, -0.2) is 9.78 Å². The summed E-state index contributed by atoms with van der Waals surface area (Å²) in [7, 11) is 0. The van der Waals surface area contributed by atoms with Crippen molar-refractivity contribution in [3.63, 3.8) is 0 Å². The van der Waals surface area contributed by atoms with Gasteiger partial charge in [-0.3, -0.25) is 4.79 Å². The fourth-order valence-electron chi connectivity index (χ4n) is 1.76. The predicted octanol–water partition coefficient (Wildman–Crippen LogP) is 2.52. The van der Waals surface area contributed by atoms with E-state index in [4.69, 9.17) is 5.11 Å². The monoisotopic (exact) mass is 296 g/mol. The quantitative estimate of drug-likeness (QED) is 0.746. The van der Waals surface area contributed by atoms with Crippen molar-refractivity contribution in [3.05, 3.63) is 24.0 Å². The van der Waals surface area contributed by atoms with E-state index in [9.17, 15) is 9.59 Å². The SMILES string of the molecule is CCCN(CCC)C(=O)CSc1ccnc(C(=O)O)c1. The highest BCUT2D eigenvalue weighted by Gasteiger charge is 2.12. The molecule has 0 saturated heterocycles. The van der Waals surface area contributed by atoms with E-state index in [-0.39, 0.29) is 11.6 Å². The third-order valence-electron chi connectivity index (χ3n) is 2.65. The summed E-state index contributed by atoms with van der Waals surface area (Å²) in [5.41, 5.74) is 0.00132. The maximum absolute atomic E-state index is 12.1. The number of aromatic nitrogens is 1. The van der Waals surface area contributed by atoms with Crippen LogP contribution in [0.25, 0.3) is 0 Å². The molecule has 0 spiro atoms. The summed E-state index contributed by atoms with van der Waals surface area (Å²) in [4.78, 5) is 29.3. The van der Waals surface area contributed by atoms with E-state index < -0.39 is 5.97 Å². The van der Waals surface area contributed by atoms with E-state index in [0.29, 0.717) is 5.75 Å². The average molecular weight is 296 g/mol. The molecule has 0 bridgehead atoms. The van der Waals surface area contributed by atoms with Crippen LogP contribution < -0.4 is 0 Å². The van der Waals surface area contributed by atoms with Gasteiger partial charge in [0.05, 0.1) is 5.75 Å². The third-order valence-corrected chi connectivity index (χ3v) is 3.63. The van der Waals surface area contributed by atoms with Gasteiger partial charge in [-0.15, -0.1) is 11.8 Å². The number of carboxylic acids is 1. The molecule has 0 atom stereocenters. The number of hydrogen-bond donors (Lipinski definition) is 1. The molecule has 1 aromatic rings. The molecule has 20 heavy (non-hydrogen) atoms. The summed E-state index contributed by atoms with van der Waals surface area (Å²) in [5.74, 6) is -0.645. The van der Waals surface area contributed by atoms with E-state index in [1.54, 1.807) is 6.07 Å². The molecule has 0 fully saturated rings. The summed E-state index contributed by atoms with van der Waals surface area (Å²) in [6, 6.07) is 3.21. The van der Waals surface area contributed by atoms with Gasteiger partial charge in [0.1, 0.15) is 5.69 Å². The number of hydrogen-bond acceptors (Lipinski definition) is 4. The molecule has 6 heteroatoms. The van der Waals surface area contributed by atoms with E-state index in [0.717, 1.165) is 30.8 Å². The predicted molar refractivity (Wildman–Crippen MR) is 79.1 cm³/mol. The Morgan fingerprint density at radius 1 is 1.30 bits per heavy atom. The number of aromatic carboxylic acids is 1. The number of thioether (sulfide) groups is 1. The molecule has 0 aromatic carbocycles. The molecule has 1 heterocycles. The summed E-state index contributed by atoms with van der Waals surface area (Å²) < 4.78 is 0. The van der Waals surface area contributed by atoms with Crippen LogP contribution in [0.15, 0.2) is 23.2 Å². The normalized spacial score (nSPS) is 10.3. The van der Waals surface area contributed by atoms with Crippen LogP contribution in [0.4, 0.5) is 0 Å². The number of carboxylic acid groups (broad SMARTS) is 1. The zero-order valence-corrected chi connectivity index (χ0v) is 12.7. The molecule has 0 aliphatic carbocycles. The van der Waals surface area contributed by atoms with Gasteiger partial charge in [0.15, 0.2) is 0 Å². The number of rotatable bonds is 8. The van der Waals surface area contributed by atoms with Gasteiger partial charge in [-0.2, -0.15) is 0 Å². The molecular weight excluding hydrogens is 276 g/mol. The van der Waals surface area contributed by atoms with Crippen molar-refractivity contribution in [3.8, 4) is 0 Å². The second-order valence-corrected chi connectivity index (χ2v) is 5.40. The van der Waals surface area contributed by atoms with Gasteiger partial charge in [0.25, 0.3) is 0 Å². The first kappa shape index (κ1) is 16.5. The van der Waals surface area contributed by atoms with E-state index in [1.807, 2.05) is 18.7 Å². The van der Waals surface area contributed by atoms with Crippen LogP contribution in [0, 0.1) is 0 Å². The lowest BCUT2D eigenvalue weighted by Crippen LogP contribution is -2.33. The van der Waals surface area contributed by atoms with Crippen molar-refractivity contribution in [1.82, 2.24) is 9.88 Å². The number of carbonyl (C=O) groups is 2. The highest BCUT2D eigenvalue weighted by molar-refractivity contribution is 8.00. The molecule has 1 aromatic heterocycles. The van der Waals surface area contributed by atoms with Crippen LogP contribution in [-0.4, -0.2) is 45.7 Å². The number of carbonyl (C=O) groups excluding carboxylic acids is 1. The van der Waals surface area contributed by atoms with Crippen molar-refractivity contribution in [2.75, 3.05) is 18.8 Å². The highest BCUT2D eigenvalue weighted by atomic mass is 32.2. The first-order valence-corrected chi connectivity index (χ1v) is 7.67. The summed E-state index contributed by atoms with van der Waals surface area (Å²) in [6.45, 7) is 5.63. The molecule has 0 unspecified atom stereocenters. The smallest absolute Gasteiger partial charge is 0.354 e. The molecule has 110 valence electrons. The number of amides is 1. The van der Waals surface area contributed by atoms with Gasteiger partial charge in [-0.05, 0) is 25.0 Å². The average Bonchev–Trinajstić information content (AvgIpc) is 2.45. The van der Waals surface area contributed by atoms with Gasteiger partial charge in [0, 0.05) is 24.2 Å². The van der Waals surface area contributed by atoms with Gasteiger partial charge in [0.2, 0.25) is 5.91 Å². The van der Waals surface area contributed by atoms with E-state index in [1.165, 1.54) is 24.0 Å². The summed E-state index contributed by atoms with van der Waals surface area (Å²) >= 11 is 1.35.